The van der Waals surface area contributed by atoms with E-state index in [1.54, 1.807) is 77.2 Å². The SMILES string of the molecule is CC[C@H](C)[C@@H](NC(=O)[C@@H](Cc1ccc(O)cc1)NC(=O)[C@H](NC(=O)[C@@H](CCCN=C(N)N)NC(=O)CNC)C(C)C)C(=O)N[C@H](Cc1cnc[nH]1)C(=O)N1CCC[C@H]1C(=O)N[C@@H](Cc1ccccc1)C(=O)O. The number of aromatic hydroxyl groups is 1. The Bertz CT molecular complexity index is 2310. The quantitative estimate of drug-likeness (QED) is 0.0239. The first-order valence-electron chi connectivity index (χ1n) is 24.1. The Kier molecular flexibility index (Phi) is 22.4. The van der Waals surface area contributed by atoms with Gasteiger partial charge in [-0.25, -0.2) is 9.78 Å². The number of aromatic nitrogens is 2. The number of H-pyrrole nitrogens is 1. The van der Waals surface area contributed by atoms with Crippen LogP contribution in [-0.2, 0) is 57.6 Å². The minimum absolute atomic E-state index is 0.0144. The summed E-state index contributed by atoms with van der Waals surface area (Å²) in [5.74, 6) is -7.15. The van der Waals surface area contributed by atoms with Crippen molar-refractivity contribution < 1.29 is 48.6 Å². The molecule has 0 bridgehead atoms. The second kappa shape index (κ2) is 28.3. The van der Waals surface area contributed by atoms with Crippen molar-refractivity contribution in [3.05, 3.63) is 83.9 Å². The van der Waals surface area contributed by atoms with Crippen molar-refractivity contribution in [1.82, 2.24) is 52.1 Å². The van der Waals surface area contributed by atoms with E-state index in [2.05, 4.69) is 52.2 Å². The van der Waals surface area contributed by atoms with Gasteiger partial charge in [0, 0.05) is 44.2 Å². The van der Waals surface area contributed by atoms with Crippen LogP contribution in [0, 0.1) is 11.8 Å². The number of carboxylic acid groups (broad SMARTS) is 1. The van der Waals surface area contributed by atoms with Crippen molar-refractivity contribution in [2.45, 2.75) is 121 Å². The Labute approximate surface area is 418 Å². The van der Waals surface area contributed by atoms with Gasteiger partial charge in [0.05, 0.1) is 12.9 Å². The molecule has 4 rings (SSSR count). The molecule has 0 saturated carbocycles. The summed E-state index contributed by atoms with van der Waals surface area (Å²) in [5.41, 5.74) is 12.6. The number of imidazole rings is 1. The second-order valence-electron chi connectivity index (χ2n) is 18.3. The van der Waals surface area contributed by atoms with Crippen molar-refractivity contribution >= 4 is 53.3 Å². The first kappa shape index (κ1) is 57.0. The van der Waals surface area contributed by atoms with Crippen LogP contribution in [0.4, 0.5) is 0 Å². The van der Waals surface area contributed by atoms with Gasteiger partial charge < -0.3 is 68.8 Å². The maximum absolute atomic E-state index is 14.5. The van der Waals surface area contributed by atoms with Crippen LogP contribution < -0.4 is 48.7 Å². The van der Waals surface area contributed by atoms with Crippen LogP contribution in [0.3, 0.4) is 0 Å². The van der Waals surface area contributed by atoms with E-state index in [1.807, 2.05) is 0 Å². The van der Waals surface area contributed by atoms with Gasteiger partial charge in [-0.05, 0) is 67.8 Å². The van der Waals surface area contributed by atoms with E-state index in [-0.39, 0.29) is 63.4 Å². The highest BCUT2D eigenvalue weighted by Gasteiger charge is 2.41. The van der Waals surface area contributed by atoms with Gasteiger partial charge >= 0.3 is 5.97 Å². The number of likely N-dealkylation sites (N-methyl/N-ethyl adjacent to an activating group) is 1. The number of phenolic OH excluding ortho intramolecular Hbond substituents is 1. The number of benzene rings is 2. The molecular formula is C49H71N13O10. The van der Waals surface area contributed by atoms with Crippen LogP contribution in [0.1, 0.15) is 76.6 Å². The average Bonchev–Trinajstić information content (AvgIpc) is 4.06. The normalized spacial score (nSPS) is 16.1. The molecule has 7 amide bonds. The zero-order valence-electron chi connectivity index (χ0n) is 41.5. The third kappa shape index (κ3) is 17.7. The van der Waals surface area contributed by atoms with E-state index in [4.69, 9.17) is 11.5 Å². The van der Waals surface area contributed by atoms with Gasteiger partial charge in [-0.3, -0.25) is 38.6 Å². The Hall–Kier alpha value is -7.56. The van der Waals surface area contributed by atoms with Crippen LogP contribution in [0.5, 0.6) is 5.75 Å². The summed E-state index contributed by atoms with van der Waals surface area (Å²) in [4.78, 5) is 122. The highest BCUT2D eigenvalue weighted by molar-refractivity contribution is 5.98. The number of amides is 7. The number of nitrogens with one attached hydrogen (secondary N) is 8. The minimum atomic E-state index is -1.35. The lowest BCUT2D eigenvalue weighted by Gasteiger charge is -2.32. The number of carbonyl (C=O) groups is 8. The van der Waals surface area contributed by atoms with Crippen molar-refractivity contribution in [3.63, 3.8) is 0 Å². The molecule has 1 aliphatic rings. The largest absolute Gasteiger partial charge is 0.508 e. The number of nitrogens with zero attached hydrogens (tertiary/aromatic N) is 3. The maximum atomic E-state index is 14.5. The number of carbonyl (C=O) groups excluding carboxylic acids is 7. The predicted octanol–water partition coefficient (Wildman–Crippen LogP) is -0.897. The van der Waals surface area contributed by atoms with Gasteiger partial charge in [0.15, 0.2) is 5.96 Å². The van der Waals surface area contributed by atoms with E-state index in [0.717, 1.165) is 0 Å². The van der Waals surface area contributed by atoms with Crippen LogP contribution >= 0.6 is 0 Å². The van der Waals surface area contributed by atoms with E-state index < -0.39 is 101 Å². The predicted molar refractivity (Wildman–Crippen MR) is 266 cm³/mol. The van der Waals surface area contributed by atoms with Crippen LogP contribution in [0.15, 0.2) is 72.1 Å². The smallest absolute Gasteiger partial charge is 0.326 e. The van der Waals surface area contributed by atoms with Gasteiger partial charge in [-0.15, -0.1) is 0 Å². The molecule has 1 saturated heterocycles. The first-order chi connectivity index (χ1) is 34.3. The van der Waals surface area contributed by atoms with Crippen LogP contribution in [0.25, 0.3) is 0 Å². The number of aliphatic imine (C=N–C) groups is 1. The van der Waals surface area contributed by atoms with Crippen LogP contribution in [-0.4, -0.2) is 147 Å². The molecule has 392 valence electrons. The lowest BCUT2D eigenvalue weighted by atomic mass is 9.96. The number of aliphatic carboxylic acids is 1. The first-order valence-corrected chi connectivity index (χ1v) is 24.1. The molecule has 23 heteroatoms. The van der Waals surface area contributed by atoms with Gasteiger partial charge in [0.2, 0.25) is 41.4 Å². The Morgan fingerprint density at radius 3 is 2.01 bits per heavy atom. The molecular weight excluding hydrogens is 931 g/mol. The summed E-state index contributed by atoms with van der Waals surface area (Å²) in [6.45, 7) is 7.15. The van der Waals surface area contributed by atoms with Gasteiger partial charge in [-0.2, -0.15) is 0 Å². The summed E-state index contributed by atoms with van der Waals surface area (Å²) in [6.07, 6.45) is 4.20. The molecule has 72 heavy (non-hydrogen) atoms. The highest BCUT2D eigenvalue weighted by atomic mass is 16.4. The van der Waals surface area contributed by atoms with E-state index in [0.29, 0.717) is 36.1 Å². The fourth-order valence-electron chi connectivity index (χ4n) is 8.16. The molecule has 0 aliphatic carbocycles. The molecule has 1 fully saturated rings. The van der Waals surface area contributed by atoms with Gasteiger partial charge in [0.1, 0.15) is 48.0 Å². The summed E-state index contributed by atoms with van der Waals surface area (Å²) in [6, 6.07) is 6.24. The maximum Gasteiger partial charge on any atom is 0.326 e. The van der Waals surface area contributed by atoms with Crippen molar-refractivity contribution in [2.24, 2.45) is 28.3 Å². The Morgan fingerprint density at radius 1 is 0.778 bits per heavy atom. The van der Waals surface area contributed by atoms with Crippen molar-refractivity contribution in [1.29, 1.82) is 0 Å². The zero-order valence-corrected chi connectivity index (χ0v) is 41.5. The number of hydrogen-bond acceptors (Lipinski definition) is 12. The third-order valence-corrected chi connectivity index (χ3v) is 12.3. The zero-order chi connectivity index (χ0) is 52.9. The molecule has 8 atom stereocenters. The number of guanidine groups is 1. The summed E-state index contributed by atoms with van der Waals surface area (Å²) in [7, 11) is 1.57. The van der Waals surface area contributed by atoms with E-state index >= 15 is 0 Å². The highest BCUT2D eigenvalue weighted by Crippen LogP contribution is 2.21. The molecule has 0 spiro atoms. The van der Waals surface area contributed by atoms with Gasteiger partial charge in [0.25, 0.3) is 0 Å². The molecule has 0 radical (unpaired) electrons. The number of aromatic amines is 1. The fraction of sp³-hybridized carbons (Fsp3) is 0.510. The van der Waals surface area contributed by atoms with Gasteiger partial charge in [-0.1, -0.05) is 76.6 Å². The molecule has 23 nitrogen and oxygen atoms in total. The molecule has 1 aromatic heterocycles. The molecule has 2 heterocycles. The Balaban J connectivity index is 1.58. The standard InChI is InChI=1S/C49H71N13O10/c1-6-29(4)41(46(69)58-36(24-32-25-53-27-55-32)47(70)62-21-11-15-38(62)44(67)59-37(48(71)72)23-30-12-8-7-9-13-30)61-43(66)35(22-31-16-18-33(63)19-17-31)57-45(68)40(28(2)3)60-42(65)34(56-39(64)26-52-5)14-10-20-54-49(50)51/h7-9,12-13,16-19,25,27-29,34-38,40-41,52,63H,6,10-11,14-15,20-24,26H2,1-5H3,(H,53,55)(H,56,64)(H,57,68)(H,58,69)(H,59,67)(H,60,65)(H,61,66)(H,71,72)(H4,50,51,54)/t29-,34+,35+,36+,37-,38-,40+,41+/m0/s1. The molecule has 14 N–H and O–H groups in total. The number of phenols is 1. The molecule has 3 aromatic rings. The van der Waals surface area contributed by atoms with Crippen molar-refractivity contribution in [3.8, 4) is 5.75 Å². The van der Waals surface area contributed by atoms with Crippen LogP contribution in [0.2, 0.25) is 0 Å². The lowest BCUT2D eigenvalue weighted by molar-refractivity contribution is -0.145. The minimum Gasteiger partial charge on any atom is -0.508 e. The molecule has 0 unspecified atom stereocenters. The number of likely N-dealkylation sites (tertiary alicyclic amines) is 1. The summed E-state index contributed by atoms with van der Waals surface area (Å²) in [5, 5.41) is 39.1. The fourth-order valence-corrected chi connectivity index (χ4v) is 8.16. The molecule has 1 aliphatic heterocycles. The monoisotopic (exact) mass is 1000 g/mol. The number of hydrogen-bond donors (Lipinski definition) is 12. The third-order valence-electron chi connectivity index (χ3n) is 12.3. The number of rotatable bonds is 28. The Morgan fingerprint density at radius 2 is 1.40 bits per heavy atom. The van der Waals surface area contributed by atoms with Crippen molar-refractivity contribution in [2.75, 3.05) is 26.7 Å². The average molecular weight is 1000 g/mol. The molecule has 2 aromatic carbocycles. The topological polar surface area (TPSA) is 358 Å². The number of carboxylic acids is 1. The van der Waals surface area contributed by atoms with E-state index in [1.165, 1.54) is 29.6 Å². The summed E-state index contributed by atoms with van der Waals surface area (Å²) >= 11 is 0. The second-order valence-corrected chi connectivity index (χ2v) is 18.3. The lowest BCUT2D eigenvalue weighted by Crippen LogP contribution is -2.62. The van der Waals surface area contributed by atoms with E-state index in [9.17, 15) is 48.6 Å². The number of nitrogens with two attached hydrogens (primary N) is 2. The summed E-state index contributed by atoms with van der Waals surface area (Å²) < 4.78 is 0.